The first kappa shape index (κ1) is 20.8. The van der Waals surface area contributed by atoms with Crippen LogP contribution in [0.3, 0.4) is 0 Å². The van der Waals surface area contributed by atoms with Crippen LogP contribution in [0.2, 0.25) is 0 Å². The number of alkyl carbamates (subject to hydrolysis) is 1. The van der Waals surface area contributed by atoms with Crippen LogP contribution in [0.15, 0.2) is 12.1 Å². The van der Waals surface area contributed by atoms with Crippen molar-refractivity contribution in [2.45, 2.75) is 57.8 Å². The first-order valence-corrected chi connectivity index (χ1v) is 9.71. The van der Waals surface area contributed by atoms with Gasteiger partial charge in [0.15, 0.2) is 0 Å². The minimum Gasteiger partial charge on any atom is -0.446 e. The molecule has 0 bridgehead atoms. The maximum Gasteiger partial charge on any atom is 0.407 e. The van der Waals surface area contributed by atoms with E-state index in [4.69, 9.17) is 9.47 Å². The molecule has 1 fully saturated rings. The highest BCUT2D eigenvalue weighted by Crippen LogP contribution is 2.35. The average Bonchev–Trinajstić information content (AvgIpc) is 3.35. The molecule has 1 aliphatic carbocycles. The highest BCUT2D eigenvalue weighted by Gasteiger charge is 2.30. The molecule has 158 valence electrons. The fraction of sp³-hybridized carbons (Fsp3) is 0.579. The molecule has 0 unspecified atom stereocenters. The maximum absolute atomic E-state index is 12.5. The van der Waals surface area contributed by atoms with Gasteiger partial charge in [-0.1, -0.05) is 0 Å². The number of methoxy groups -OCH3 is 1. The van der Waals surface area contributed by atoms with Crippen LogP contribution in [0.25, 0.3) is 0 Å². The van der Waals surface area contributed by atoms with E-state index >= 15 is 0 Å². The first-order chi connectivity index (χ1) is 13.9. The molecule has 29 heavy (non-hydrogen) atoms. The zero-order chi connectivity index (χ0) is 21.0. The van der Waals surface area contributed by atoms with E-state index in [0.717, 1.165) is 18.5 Å². The number of hydrogen-bond donors (Lipinski definition) is 3. The van der Waals surface area contributed by atoms with Gasteiger partial charge in [0.25, 0.3) is 5.91 Å². The molecule has 0 spiro atoms. The molecular weight excluding hydrogens is 376 g/mol. The first-order valence-electron chi connectivity index (χ1n) is 9.71. The molecule has 1 saturated carbocycles. The summed E-state index contributed by atoms with van der Waals surface area (Å²) in [7, 11) is 3.29. The van der Waals surface area contributed by atoms with Crippen LogP contribution in [0.5, 0.6) is 0 Å². The molecule has 2 aromatic rings. The number of ether oxygens (including phenoxy) is 2. The van der Waals surface area contributed by atoms with Gasteiger partial charge < -0.3 is 20.1 Å². The van der Waals surface area contributed by atoms with Crippen molar-refractivity contribution in [3.05, 3.63) is 29.2 Å². The molecule has 2 heterocycles. The molecule has 1 aliphatic rings. The van der Waals surface area contributed by atoms with Crippen molar-refractivity contribution in [1.82, 2.24) is 25.3 Å². The number of nitrogens with zero attached hydrogens (tertiary/aromatic N) is 3. The van der Waals surface area contributed by atoms with Gasteiger partial charge in [-0.2, -0.15) is 10.2 Å². The van der Waals surface area contributed by atoms with Gasteiger partial charge in [0, 0.05) is 32.2 Å². The number of hydrogen-bond acceptors (Lipinski definition) is 6. The summed E-state index contributed by atoms with van der Waals surface area (Å²) >= 11 is 0. The summed E-state index contributed by atoms with van der Waals surface area (Å²) in [5.41, 5.74) is 1.96. The number of H-pyrrole nitrogens is 1. The maximum atomic E-state index is 12.5. The molecule has 3 rings (SSSR count). The van der Waals surface area contributed by atoms with Crippen LogP contribution in [-0.2, 0) is 23.1 Å². The topological polar surface area (TPSA) is 123 Å². The van der Waals surface area contributed by atoms with Crippen molar-refractivity contribution < 1.29 is 19.1 Å². The normalized spacial score (nSPS) is 18.8. The van der Waals surface area contributed by atoms with Gasteiger partial charge in [-0.25, -0.2) is 4.79 Å². The van der Waals surface area contributed by atoms with Crippen molar-refractivity contribution >= 4 is 17.8 Å². The van der Waals surface area contributed by atoms with Crippen molar-refractivity contribution in [2.75, 3.05) is 12.4 Å². The van der Waals surface area contributed by atoms with Crippen molar-refractivity contribution in [3.63, 3.8) is 0 Å². The number of aromatic amines is 1. The lowest BCUT2D eigenvalue weighted by Gasteiger charge is -2.14. The minimum absolute atomic E-state index is 0.0437. The Balaban J connectivity index is 1.56. The summed E-state index contributed by atoms with van der Waals surface area (Å²) in [5, 5.41) is 17.0. The van der Waals surface area contributed by atoms with Gasteiger partial charge in [-0.3, -0.25) is 14.6 Å². The molecule has 0 aromatic carbocycles. The number of carbonyl (C=O) groups is 2. The molecule has 2 amide bonds. The van der Waals surface area contributed by atoms with Crippen molar-refractivity contribution in [2.24, 2.45) is 7.05 Å². The predicted molar refractivity (Wildman–Crippen MR) is 106 cm³/mol. The second-order valence-corrected chi connectivity index (χ2v) is 7.57. The molecular formula is C19H28N6O4. The molecule has 10 heteroatoms. The molecule has 2 atom stereocenters. The summed E-state index contributed by atoms with van der Waals surface area (Å²) in [6.45, 7) is 4.12. The smallest absolute Gasteiger partial charge is 0.407 e. The molecule has 3 N–H and O–H groups in total. The number of nitrogens with one attached hydrogen (secondary N) is 3. The van der Waals surface area contributed by atoms with E-state index in [0.29, 0.717) is 30.2 Å². The third kappa shape index (κ3) is 5.35. The lowest BCUT2D eigenvalue weighted by Crippen LogP contribution is -2.33. The lowest BCUT2D eigenvalue weighted by molar-refractivity contribution is 0.0979. The van der Waals surface area contributed by atoms with Gasteiger partial charge in [-0.15, -0.1) is 0 Å². The average molecular weight is 404 g/mol. The van der Waals surface area contributed by atoms with E-state index in [2.05, 4.69) is 25.9 Å². The van der Waals surface area contributed by atoms with Gasteiger partial charge in [0.2, 0.25) is 0 Å². The number of aryl methyl sites for hydroxylation is 1. The Morgan fingerprint density at radius 3 is 2.86 bits per heavy atom. The highest BCUT2D eigenvalue weighted by atomic mass is 16.6. The number of aromatic nitrogens is 4. The number of rotatable bonds is 7. The van der Waals surface area contributed by atoms with Crippen LogP contribution in [0.4, 0.5) is 10.6 Å². The van der Waals surface area contributed by atoms with E-state index in [1.54, 1.807) is 20.2 Å². The third-order valence-corrected chi connectivity index (χ3v) is 4.78. The zero-order valence-corrected chi connectivity index (χ0v) is 17.2. The fourth-order valence-corrected chi connectivity index (χ4v) is 3.49. The number of carbonyl (C=O) groups excluding carboxylic acids is 2. The Hall–Kier alpha value is -2.88. The van der Waals surface area contributed by atoms with Crippen molar-refractivity contribution in [3.8, 4) is 0 Å². The molecule has 10 nitrogen and oxygen atoms in total. The van der Waals surface area contributed by atoms with E-state index in [-0.39, 0.29) is 30.1 Å². The van der Waals surface area contributed by atoms with E-state index in [1.165, 1.54) is 4.68 Å². The number of amides is 2. The summed E-state index contributed by atoms with van der Waals surface area (Å²) < 4.78 is 12.0. The Morgan fingerprint density at radius 2 is 2.14 bits per heavy atom. The minimum atomic E-state index is -0.385. The zero-order valence-electron chi connectivity index (χ0n) is 17.2. The van der Waals surface area contributed by atoms with Gasteiger partial charge in [0.05, 0.1) is 18.0 Å². The largest absolute Gasteiger partial charge is 0.446 e. The van der Waals surface area contributed by atoms with E-state index in [1.807, 2.05) is 19.9 Å². The van der Waals surface area contributed by atoms with Gasteiger partial charge in [0.1, 0.15) is 17.6 Å². The second kappa shape index (κ2) is 9.08. The Morgan fingerprint density at radius 1 is 1.34 bits per heavy atom. The lowest BCUT2D eigenvalue weighted by atomic mass is 10.0. The second-order valence-electron chi connectivity index (χ2n) is 7.57. The highest BCUT2D eigenvalue weighted by molar-refractivity contribution is 6.02. The summed E-state index contributed by atoms with van der Waals surface area (Å²) in [6, 6.07) is 3.56. The molecule has 0 aliphatic heterocycles. The van der Waals surface area contributed by atoms with Crippen LogP contribution < -0.4 is 10.6 Å². The van der Waals surface area contributed by atoms with Crippen LogP contribution in [0.1, 0.15) is 60.9 Å². The van der Waals surface area contributed by atoms with Gasteiger partial charge in [-0.05, 0) is 39.2 Å². The Labute approximate surface area is 169 Å². The fourth-order valence-electron chi connectivity index (χ4n) is 3.49. The SMILES string of the molecule is COCc1cc(C(=O)Nc2cc([C@@H]3CC[C@H](OC(=O)NC(C)C)C3)n[nH]2)n(C)n1. The monoisotopic (exact) mass is 404 g/mol. The summed E-state index contributed by atoms with van der Waals surface area (Å²) in [6.07, 6.45) is 1.88. The molecule has 2 aromatic heterocycles. The predicted octanol–water partition coefficient (Wildman–Crippen LogP) is 2.31. The van der Waals surface area contributed by atoms with Crippen LogP contribution in [-0.4, -0.2) is 51.2 Å². The van der Waals surface area contributed by atoms with Crippen molar-refractivity contribution in [1.29, 1.82) is 0 Å². The van der Waals surface area contributed by atoms with Gasteiger partial charge >= 0.3 is 6.09 Å². The van der Waals surface area contributed by atoms with E-state index in [9.17, 15) is 9.59 Å². The molecule has 0 saturated heterocycles. The van der Waals surface area contributed by atoms with Crippen LogP contribution in [0, 0.1) is 0 Å². The Bertz CT molecular complexity index is 859. The quantitative estimate of drug-likeness (QED) is 0.651. The third-order valence-electron chi connectivity index (χ3n) is 4.78. The molecule has 0 radical (unpaired) electrons. The van der Waals surface area contributed by atoms with Crippen LogP contribution >= 0.6 is 0 Å². The summed E-state index contributed by atoms with van der Waals surface area (Å²) in [5.74, 6) is 0.413. The van der Waals surface area contributed by atoms with E-state index < -0.39 is 0 Å². The Kier molecular flexibility index (Phi) is 6.53. The summed E-state index contributed by atoms with van der Waals surface area (Å²) in [4.78, 5) is 24.3. The standard InChI is InChI=1S/C19H28N6O4/c1-11(2)20-19(27)29-14-6-5-12(7-14)15-9-17(23-22-15)21-18(26)16-8-13(10-28-4)24-25(16)3/h8-9,11-12,14H,5-7,10H2,1-4H3,(H,20,27)(H2,21,22,23,26)/t12-,14+/m1/s1. The number of anilines is 1.